The van der Waals surface area contributed by atoms with Crippen LogP contribution in [0.4, 0.5) is 0 Å². The molecule has 0 aliphatic rings. The van der Waals surface area contributed by atoms with Crippen LogP contribution in [0.15, 0.2) is 24.5 Å². The number of rotatable bonds is 5. The largest absolute Gasteiger partial charge is 0.478 e. The molecule has 0 fully saturated rings. The smallest absolute Gasteiger partial charge is 0.335 e. The van der Waals surface area contributed by atoms with Crippen LogP contribution in [-0.4, -0.2) is 33.3 Å². The van der Waals surface area contributed by atoms with Crippen molar-refractivity contribution >= 4 is 17.0 Å². The van der Waals surface area contributed by atoms with Crippen LogP contribution in [0.1, 0.15) is 24.2 Å². The van der Waals surface area contributed by atoms with E-state index in [0.717, 1.165) is 5.52 Å². The van der Waals surface area contributed by atoms with E-state index in [1.54, 1.807) is 24.5 Å². The maximum atomic E-state index is 10.9. The summed E-state index contributed by atoms with van der Waals surface area (Å²) in [6.07, 6.45) is 1.82. The number of carbonyl (C=O) groups is 1. The van der Waals surface area contributed by atoms with E-state index in [0.29, 0.717) is 18.7 Å². The summed E-state index contributed by atoms with van der Waals surface area (Å²) in [5, 5.41) is 8.91. The number of aromatic carboxylic acids is 1. The number of hydrogen-bond acceptors (Lipinski definition) is 3. The lowest BCUT2D eigenvalue weighted by molar-refractivity contribution is 0.0647. The van der Waals surface area contributed by atoms with Gasteiger partial charge >= 0.3 is 5.97 Å². The Bertz CT molecular complexity index is 562. The monoisotopic (exact) mass is 248 g/mol. The molecule has 1 unspecified atom stereocenters. The predicted octanol–water partition coefficient (Wildman–Crippen LogP) is 2.16. The molecule has 2 rings (SSSR count). The maximum absolute atomic E-state index is 10.9. The normalized spacial score (nSPS) is 12.8. The number of carboxylic acids is 1. The summed E-state index contributed by atoms with van der Waals surface area (Å²) < 4.78 is 7.46. The first-order valence-corrected chi connectivity index (χ1v) is 5.91. The Morgan fingerprint density at radius 2 is 2.33 bits per heavy atom. The van der Waals surface area contributed by atoms with E-state index in [1.165, 1.54) is 0 Å². The minimum absolute atomic E-state index is 0.103. The molecule has 0 radical (unpaired) electrons. The number of benzene rings is 1. The standard InChI is InChI=1S/C13H16N2O3/c1-3-18-9(2)7-15-8-14-11-6-10(13(16)17)4-5-12(11)15/h4-6,8-9H,3,7H2,1-2H3,(H,16,17). The first-order valence-electron chi connectivity index (χ1n) is 5.91. The number of carboxylic acid groups (broad SMARTS) is 1. The molecule has 0 aliphatic heterocycles. The highest BCUT2D eigenvalue weighted by molar-refractivity contribution is 5.92. The summed E-state index contributed by atoms with van der Waals surface area (Å²) in [5.74, 6) is -0.936. The van der Waals surface area contributed by atoms with E-state index in [4.69, 9.17) is 9.84 Å². The molecule has 0 aliphatic carbocycles. The topological polar surface area (TPSA) is 64.4 Å². The fourth-order valence-corrected chi connectivity index (χ4v) is 1.96. The second kappa shape index (κ2) is 5.18. The number of aromatic nitrogens is 2. The molecule has 5 nitrogen and oxygen atoms in total. The summed E-state index contributed by atoms with van der Waals surface area (Å²) >= 11 is 0. The third kappa shape index (κ3) is 2.51. The van der Waals surface area contributed by atoms with Gasteiger partial charge in [0, 0.05) is 6.61 Å². The van der Waals surface area contributed by atoms with Crippen molar-refractivity contribution in [2.45, 2.75) is 26.5 Å². The summed E-state index contributed by atoms with van der Waals surface area (Å²) in [6, 6.07) is 4.96. The maximum Gasteiger partial charge on any atom is 0.335 e. The number of ether oxygens (including phenoxy) is 1. The minimum atomic E-state index is -0.936. The molecule has 1 aromatic heterocycles. The van der Waals surface area contributed by atoms with Crippen molar-refractivity contribution in [1.82, 2.24) is 9.55 Å². The SMILES string of the molecule is CCOC(C)Cn1cnc2cc(C(=O)O)ccc21. The molecule has 0 amide bonds. The summed E-state index contributed by atoms with van der Waals surface area (Å²) in [4.78, 5) is 15.1. The molecule has 0 saturated heterocycles. The molecule has 0 saturated carbocycles. The average Bonchev–Trinajstić information content (AvgIpc) is 2.72. The fraction of sp³-hybridized carbons (Fsp3) is 0.385. The van der Waals surface area contributed by atoms with Crippen LogP contribution in [-0.2, 0) is 11.3 Å². The minimum Gasteiger partial charge on any atom is -0.478 e. The lowest BCUT2D eigenvalue weighted by atomic mass is 10.2. The number of imidazole rings is 1. The first-order chi connectivity index (χ1) is 8.61. The van der Waals surface area contributed by atoms with E-state index >= 15 is 0 Å². The molecular formula is C13H16N2O3. The van der Waals surface area contributed by atoms with E-state index in [2.05, 4.69) is 4.98 Å². The van der Waals surface area contributed by atoms with Gasteiger partial charge in [0.15, 0.2) is 0 Å². The van der Waals surface area contributed by atoms with Crippen LogP contribution < -0.4 is 0 Å². The lowest BCUT2D eigenvalue weighted by Crippen LogP contribution is -2.15. The Balaban J connectivity index is 2.28. The van der Waals surface area contributed by atoms with E-state index < -0.39 is 5.97 Å². The second-order valence-electron chi connectivity index (χ2n) is 4.17. The number of hydrogen-bond donors (Lipinski definition) is 1. The third-order valence-corrected chi connectivity index (χ3v) is 2.77. The zero-order chi connectivity index (χ0) is 13.1. The van der Waals surface area contributed by atoms with Gasteiger partial charge in [0.2, 0.25) is 0 Å². The predicted molar refractivity (Wildman–Crippen MR) is 67.8 cm³/mol. The van der Waals surface area contributed by atoms with Gasteiger partial charge in [0.1, 0.15) is 0 Å². The van der Waals surface area contributed by atoms with Gasteiger partial charge in [-0.3, -0.25) is 0 Å². The molecular weight excluding hydrogens is 232 g/mol. The van der Waals surface area contributed by atoms with Crippen LogP contribution in [0.5, 0.6) is 0 Å². The number of fused-ring (bicyclic) bond motifs is 1. The van der Waals surface area contributed by atoms with Gasteiger partial charge in [-0.05, 0) is 32.0 Å². The highest BCUT2D eigenvalue weighted by Gasteiger charge is 2.09. The van der Waals surface area contributed by atoms with E-state index in [-0.39, 0.29) is 11.7 Å². The van der Waals surface area contributed by atoms with E-state index in [9.17, 15) is 4.79 Å². The third-order valence-electron chi connectivity index (χ3n) is 2.77. The molecule has 0 bridgehead atoms. The van der Waals surface area contributed by atoms with Gasteiger partial charge in [-0.1, -0.05) is 0 Å². The lowest BCUT2D eigenvalue weighted by Gasteiger charge is -2.12. The van der Waals surface area contributed by atoms with Crippen molar-refractivity contribution in [3.63, 3.8) is 0 Å². The zero-order valence-corrected chi connectivity index (χ0v) is 10.5. The van der Waals surface area contributed by atoms with Crippen LogP contribution in [0.25, 0.3) is 11.0 Å². The van der Waals surface area contributed by atoms with Crippen molar-refractivity contribution in [3.8, 4) is 0 Å². The summed E-state index contributed by atoms with van der Waals surface area (Å²) in [5.41, 5.74) is 1.87. The second-order valence-corrected chi connectivity index (χ2v) is 4.17. The van der Waals surface area contributed by atoms with Gasteiger partial charge < -0.3 is 14.4 Å². The highest BCUT2D eigenvalue weighted by atomic mass is 16.5. The van der Waals surface area contributed by atoms with E-state index in [1.807, 2.05) is 18.4 Å². The Hall–Kier alpha value is -1.88. The van der Waals surface area contributed by atoms with Gasteiger partial charge in [-0.2, -0.15) is 0 Å². The van der Waals surface area contributed by atoms with Crippen molar-refractivity contribution in [3.05, 3.63) is 30.1 Å². The molecule has 18 heavy (non-hydrogen) atoms. The highest BCUT2D eigenvalue weighted by Crippen LogP contribution is 2.16. The molecule has 0 spiro atoms. The molecule has 5 heteroatoms. The van der Waals surface area contributed by atoms with Gasteiger partial charge in [-0.15, -0.1) is 0 Å². The zero-order valence-electron chi connectivity index (χ0n) is 10.5. The molecule has 96 valence electrons. The van der Waals surface area contributed by atoms with Crippen molar-refractivity contribution in [2.75, 3.05) is 6.61 Å². The Morgan fingerprint density at radius 1 is 1.56 bits per heavy atom. The van der Waals surface area contributed by atoms with Crippen LogP contribution in [0.3, 0.4) is 0 Å². The Labute approximate surface area is 105 Å². The van der Waals surface area contributed by atoms with Gasteiger partial charge in [0.25, 0.3) is 0 Å². The molecule has 1 atom stereocenters. The van der Waals surface area contributed by atoms with Crippen LogP contribution >= 0.6 is 0 Å². The van der Waals surface area contributed by atoms with Crippen LogP contribution in [0.2, 0.25) is 0 Å². The van der Waals surface area contributed by atoms with Crippen LogP contribution in [0, 0.1) is 0 Å². The first kappa shape index (κ1) is 12.6. The molecule has 2 aromatic rings. The molecule has 1 heterocycles. The average molecular weight is 248 g/mol. The molecule has 1 aromatic carbocycles. The Kier molecular flexibility index (Phi) is 3.62. The Morgan fingerprint density at radius 3 is 3.00 bits per heavy atom. The number of nitrogens with zero attached hydrogens (tertiary/aromatic N) is 2. The summed E-state index contributed by atoms with van der Waals surface area (Å²) in [7, 11) is 0. The van der Waals surface area contributed by atoms with Gasteiger partial charge in [-0.25, -0.2) is 9.78 Å². The summed E-state index contributed by atoms with van der Waals surface area (Å²) in [6.45, 7) is 5.34. The fourth-order valence-electron chi connectivity index (χ4n) is 1.96. The van der Waals surface area contributed by atoms with Crippen molar-refractivity contribution in [1.29, 1.82) is 0 Å². The quantitative estimate of drug-likeness (QED) is 0.880. The van der Waals surface area contributed by atoms with Crippen molar-refractivity contribution in [2.24, 2.45) is 0 Å². The van der Waals surface area contributed by atoms with Crippen molar-refractivity contribution < 1.29 is 14.6 Å². The van der Waals surface area contributed by atoms with Gasteiger partial charge in [0.05, 0.1) is 35.6 Å². The molecule has 1 N–H and O–H groups in total.